The van der Waals surface area contributed by atoms with Crippen LogP contribution in [0, 0.1) is 17.8 Å². The molecule has 2 fully saturated rings. The third-order valence-electron chi connectivity index (χ3n) is 5.24. The van der Waals surface area contributed by atoms with Crippen LogP contribution in [-0.4, -0.2) is 25.5 Å². The van der Waals surface area contributed by atoms with Gasteiger partial charge in [-0.3, -0.25) is 4.79 Å². The molecule has 0 aromatic carbocycles. The van der Waals surface area contributed by atoms with Gasteiger partial charge in [0.25, 0.3) is 0 Å². The van der Waals surface area contributed by atoms with Crippen molar-refractivity contribution in [2.45, 2.75) is 64.7 Å². The number of piperidine rings is 1. The van der Waals surface area contributed by atoms with E-state index in [1.54, 1.807) is 0 Å². The molecule has 124 valence electrons. The maximum absolute atomic E-state index is 12.0. The summed E-state index contributed by atoms with van der Waals surface area (Å²) in [5, 5.41) is 6.57. The molecule has 2 atom stereocenters. The van der Waals surface area contributed by atoms with Crippen LogP contribution in [0.5, 0.6) is 0 Å². The summed E-state index contributed by atoms with van der Waals surface area (Å²) in [7, 11) is 0. The van der Waals surface area contributed by atoms with Crippen LogP contribution >= 0.6 is 12.4 Å². The lowest BCUT2D eigenvalue weighted by atomic mass is 9.79. The maximum atomic E-state index is 12.0. The van der Waals surface area contributed by atoms with E-state index in [0.717, 1.165) is 37.8 Å². The van der Waals surface area contributed by atoms with Gasteiger partial charge in [-0.2, -0.15) is 0 Å². The van der Waals surface area contributed by atoms with Crippen molar-refractivity contribution in [1.82, 2.24) is 10.6 Å². The van der Waals surface area contributed by atoms with Crippen LogP contribution in [0.3, 0.4) is 0 Å². The molecule has 2 rings (SSSR count). The summed E-state index contributed by atoms with van der Waals surface area (Å²) in [6.07, 6.45) is 11.3. The molecule has 2 aliphatic rings. The van der Waals surface area contributed by atoms with Crippen molar-refractivity contribution < 1.29 is 4.79 Å². The van der Waals surface area contributed by atoms with Gasteiger partial charge in [-0.1, -0.05) is 39.0 Å². The zero-order valence-electron chi connectivity index (χ0n) is 13.5. The molecule has 1 amide bonds. The molecule has 1 saturated heterocycles. The minimum atomic E-state index is 0. The Morgan fingerprint density at radius 3 is 2.62 bits per heavy atom. The van der Waals surface area contributed by atoms with Gasteiger partial charge in [-0.25, -0.2) is 0 Å². The number of nitrogens with one attached hydrogen (secondary N) is 2. The molecule has 2 unspecified atom stereocenters. The number of halogens is 1. The minimum Gasteiger partial charge on any atom is -0.356 e. The van der Waals surface area contributed by atoms with Gasteiger partial charge in [0.15, 0.2) is 0 Å². The highest BCUT2D eigenvalue weighted by Gasteiger charge is 2.22. The van der Waals surface area contributed by atoms with E-state index in [1.807, 2.05) is 0 Å². The average Bonchev–Trinajstić information content (AvgIpc) is 2.49. The molecule has 1 saturated carbocycles. The van der Waals surface area contributed by atoms with Gasteiger partial charge in [0, 0.05) is 13.0 Å². The largest absolute Gasteiger partial charge is 0.356 e. The molecular formula is C17H33ClN2O. The molecule has 0 aromatic heterocycles. The van der Waals surface area contributed by atoms with Crippen LogP contribution < -0.4 is 10.6 Å². The summed E-state index contributed by atoms with van der Waals surface area (Å²) in [5.74, 6) is 2.38. The van der Waals surface area contributed by atoms with Gasteiger partial charge in [0.2, 0.25) is 5.91 Å². The molecule has 21 heavy (non-hydrogen) atoms. The average molecular weight is 317 g/mol. The number of amides is 1. The van der Waals surface area contributed by atoms with Crippen molar-refractivity contribution in [3.8, 4) is 0 Å². The van der Waals surface area contributed by atoms with Crippen molar-refractivity contribution in [3.05, 3.63) is 0 Å². The number of hydrogen-bond acceptors (Lipinski definition) is 2. The number of hydrogen-bond donors (Lipinski definition) is 2. The maximum Gasteiger partial charge on any atom is 0.220 e. The number of carbonyl (C=O) groups excluding carboxylic acids is 1. The van der Waals surface area contributed by atoms with Crippen LogP contribution in [0.2, 0.25) is 0 Å². The van der Waals surface area contributed by atoms with Crippen LogP contribution in [0.4, 0.5) is 0 Å². The zero-order valence-corrected chi connectivity index (χ0v) is 14.4. The first-order valence-electron chi connectivity index (χ1n) is 8.73. The second-order valence-electron chi connectivity index (χ2n) is 6.93. The molecular weight excluding hydrogens is 284 g/mol. The van der Waals surface area contributed by atoms with Crippen molar-refractivity contribution in [2.24, 2.45) is 17.8 Å². The topological polar surface area (TPSA) is 41.1 Å². The summed E-state index contributed by atoms with van der Waals surface area (Å²) < 4.78 is 0. The van der Waals surface area contributed by atoms with E-state index in [4.69, 9.17) is 0 Å². The van der Waals surface area contributed by atoms with Crippen LogP contribution in [0.1, 0.15) is 64.7 Å². The highest BCUT2D eigenvalue weighted by molar-refractivity contribution is 5.85. The lowest BCUT2D eigenvalue weighted by molar-refractivity contribution is -0.122. The van der Waals surface area contributed by atoms with Gasteiger partial charge in [0.05, 0.1) is 0 Å². The zero-order chi connectivity index (χ0) is 14.2. The van der Waals surface area contributed by atoms with E-state index in [0.29, 0.717) is 5.92 Å². The van der Waals surface area contributed by atoms with Gasteiger partial charge < -0.3 is 10.6 Å². The fourth-order valence-electron chi connectivity index (χ4n) is 3.82. The first-order chi connectivity index (χ1) is 9.75. The first-order valence-corrected chi connectivity index (χ1v) is 8.73. The first kappa shape index (κ1) is 18.8. The predicted molar refractivity (Wildman–Crippen MR) is 90.8 cm³/mol. The van der Waals surface area contributed by atoms with Crippen LogP contribution in [0.15, 0.2) is 0 Å². The normalized spacial score (nSPS) is 24.9. The second-order valence-corrected chi connectivity index (χ2v) is 6.93. The Hall–Kier alpha value is -0.280. The van der Waals surface area contributed by atoms with Crippen molar-refractivity contribution >= 4 is 18.3 Å². The fourth-order valence-corrected chi connectivity index (χ4v) is 3.82. The Balaban J connectivity index is 0.00000220. The van der Waals surface area contributed by atoms with Crippen LogP contribution in [0.25, 0.3) is 0 Å². The quantitative estimate of drug-likeness (QED) is 0.787. The minimum absolute atomic E-state index is 0. The Bertz CT molecular complexity index is 287. The molecule has 1 aliphatic carbocycles. The van der Waals surface area contributed by atoms with Gasteiger partial charge in [-0.15, -0.1) is 12.4 Å². The smallest absolute Gasteiger partial charge is 0.220 e. The molecule has 3 nitrogen and oxygen atoms in total. The number of carbonyl (C=O) groups is 1. The van der Waals surface area contributed by atoms with Crippen molar-refractivity contribution in [1.29, 1.82) is 0 Å². The summed E-state index contributed by atoms with van der Waals surface area (Å²) in [4.78, 5) is 12.0. The number of rotatable bonds is 6. The summed E-state index contributed by atoms with van der Waals surface area (Å²) >= 11 is 0. The standard InChI is InChI=1S/C17H32N2O.ClH/c1-14(16-7-3-2-4-8-16)12-17(20)19-11-9-15-6-5-10-18-13-15;/h14-16,18H,2-13H2,1H3,(H,19,20);1H. The molecule has 0 bridgehead atoms. The SMILES string of the molecule is CC(CC(=O)NCCC1CCCNC1)C1CCCCC1.Cl. The van der Waals surface area contributed by atoms with E-state index < -0.39 is 0 Å². The van der Waals surface area contributed by atoms with Gasteiger partial charge in [0.1, 0.15) is 0 Å². The van der Waals surface area contributed by atoms with Gasteiger partial charge in [-0.05, 0) is 50.1 Å². The summed E-state index contributed by atoms with van der Waals surface area (Å²) in [6.45, 7) is 5.43. The highest BCUT2D eigenvalue weighted by atomic mass is 35.5. The monoisotopic (exact) mass is 316 g/mol. The molecule has 1 heterocycles. The molecule has 0 aromatic rings. The van der Waals surface area contributed by atoms with Crippen LogP contribution in [-0.2, 0) is 4.79 Å². The molecule has 4 heteroatoms. The van der Waals surface area contributed by atoms with E-state index in [-0.39, 0.29) is 18.3 Å². The lowest BCUT2D eigenvalue weighted by Gasteiger charge is -2.27. The molecule has 1 aliphatic heterocycles. The Kier molecular flexibility index (Phi) is 9.34. The fraction of sp³-hybridized carbons (Fsp3) is 0.941. The molecule has 2 N–H and O–H groups in total. The highest BCUT2D eigenvalue weighted by Crippen LogP contribution is 2.31. The second kappa shape index (κ2) is 10.4. The summed E-state index contributed by atoms with van der Waals surface area (Å²) in [6, 6.07) is 0. The third kappa shape index (κ3) is 7.01. The van der Waals surface area contributed by atoms with E-state index in [1.165, 1.54) is 51.5 Å². The van der Waals surface area contributed by atoms with Crippen molar-refractivity contribution in [3.63, 3.8) is 0 Å². The van der Waals surface area contributed by atoms with Gasteiger partial charge >= 0.3 is 0 Å². The molecule has 0 radical (unpaired) electrons. The lowest BCUT2D eigenvalue weighted by Crippen LogP contribution is -2.34. The molecule has 0 spiro atoms. The van der Waals surface area contributed by atoms with E-state index in [2.05, 4.69) is 17.6 Å². The third-order valence-corrected chi connectivity index (χ3v) is 5.24. The van der Waals surface area contributed by atoms with E-state index in [9.17, 15) is 4.79 Å². The van der Waals surface area contributed by atoms with Crippen molar-refractivity contribution in [2.75, 3.05) is 19.6 Å². The Morgan fingerprint density at radius 1 is 1.19 bits per heavy atom. The Morgan fingerprint density at radius 2 is 1.95 bits per heavy atom. The predicted octanol–water partition coefficient (Wildman–Crippen LogP) is 3.52. The summed E-state index contributed by atoms with van der Waals surface area (Å²) in [5.41, 5.74) is 0. The van der Waals surface area contributed by atoms with E-state index >= 15 is 0 Å². The Labute approximate surface area is 136 Å².